The van der Waals surface area contributed by atoms with Gasteiger partial charge < -0.3 is 15.0 Å². The molecule has 8 nitrogen and oxygen atoms in total. The van der Waals surface area contributed by atoms with E-state index in [0.717, 1.165) is 10.6 Å². The smallest absolute Gasteiger partial charge is 0.244 e. The van der Waals surface area contributed by atoms with Crippen LogP contribution in [-0.2, 0) is 26.2 Å². The van der Waals surface area contributed by atoms with Gasteiger partial charge in [-0.1, -0.05) is 19.1 Å². The molecule has 0 bridgehead atoms. The van der Waals surface area contributed by atoms with Crippen molar-refractivity contribution in [3.05, 3.63) is 59.9 Å². The van der Waals surface area contributed by atoms with E-state index in [9.17, 15) is 22.4 Å². The number of amides is 2. The molecule has 0 radical (unpaired) electrons. The summed E-state index contributed by atoms with van der Waals surface area (Å²) in [6.07, 6.45) is 1.32. The van der Waals surface area contributed by atoms with E-state index in [1.54, 1.807) is 31.2 Å². The minimum atomic E-state index is -3.84. The second kappa shape index (κ2) is 12.2. The molecule has 0 fully saturated rings. The first-order valence-electron chi connectivity index (χ1n) is 11.8. The van der Waals surface area contributed by atoms with Gasteiger partial charge in [0.2, 0.25) is 21.8 Å². The van der Waals surface area contributed by atoms with Crippen molar-refractivity contribution >= 4 is 27.5 Å². The molecule has 2 amide bonds. The molecule has 1 N–H and O–H groups in total. The second-order valence-electron chi connectivity index (χ2n) is 9.51. The fraction of sp³-hybridized carbons (Fsp3) is 0.462. The number of ether oxygens (including phenoxy) is 1. The zero-order valence-electron chi connectivity index (χ0n) is 21.7. The summed E-state index contributed by atoms with van der Waals surface area (Å²) in [5, 5.41) is 2.90. The monoisotopic (exact) mass is 521 g/mol. The molecular weight excluding hydrogens is 485 g/mol. The summed E-state index contributed by atoms with van der Waals surface area (Å²) in [5.41, 5.74) is 0.373. The summed E-state index contributed by atoms with van der Waals surface area (Å²) in [4.78, 5) is 28.1. The van der Waals surface area contributed by atoms with Crippen LogP contribution in [0.15, 0.2) is 48.5 Å². The van der Waals surface area contributed by atoms with E-state index >= 15 is 0 Å². The van der Waals surface area contributed by atoms with Gasteiger partial charge in [-0.05, 0) is 76.1 Å². The average molecular weight is 522 g/mol. The van der Waals surface area contributed by atoms with Crippen molar-refractivity contribution in [3.63, 3.8) is 0 Å². The van der Waals surface area contributed by atoms with Crippen molar-refractivity contribution < 1.29 is 27.1 Å². The highest BCUT2D eigenvalue weighted by Gasteiger charge is 2.33. The third kappa shape index (κ3) is 8.51. The lowest BCUT2D eigenvalue weighted by atomic mass is 10.1. The third-order valence-corrected chi connectivity index (χ3v) is 6.41. The number of nitrogens with one attached hydrogen (secondary N) is 1. The van der Waals surface area contributed by atoms with Gasteiger partial charge in [0, 0.05) is 12.1 Å². The van der Waals surface area contributed by atoms with E-state index in [4.69, 9.17) is 4.74 Å². The normalized spacial score (nSPS) is 12.5. The quantitative estimate of drug-likeness (QED) is 0.486. The molecule has 0 saturated heterocycles. The maximum absolute atomic E-state index is 13.6. The van der Waals surface area contributed by atoms with Crippen LogP contribution >= 0.6 is 0 Å². The lowest BCUT2D eigenvalue weighted by Gasteiger charge is -2.34. The van der Waals surface area contributed by atoms with Crippen LogP contribution in [0.4, 0.5) is 10.1 Å². The second-order valence-corrected chi connectivity index (χ2v) is 11.4. The Balaban J connectivity index is 2.42. The maximum atomic E-state index is 13.6. The summed E-state index contributed by atoms with van der Waals surface area (Å²) in [7, 11) is -3.84. The molecule has 198 valence electrons. The van der Waals surface area contributed by atoms with Gasteiger partial charge in [0.25, 0.3) is 0 Å². The molecular formula is C26H36FN3O5S. The number of carbonyl (C=O) groups excluding carboxylic acids is 2. The van der Waals surface area contributed by atoms with Crippen LogP contribution in [0.2, 0.25) is 0 Å². The first kappa shape index (κ1) is 29.1. The number of anilines is 1. The predicted molar refractivity (Wildman–Crippen MR) is 139 cm³/mol. The van der Waals surface area contributed by atoms with Crippen LogP contribution in [0.25, 0.3) is 0 Å². The minimum absolute atomic E-state index is 0.00998. The number of rotatable bonds is 11. The fourth-order valence-electron chi connectivity index (χ4n) is 3.65. The van der Waals surface area contributed by atoms with Crippen LogP contribution in [-0.4, -0.2) is 56.1 Å². The number of nitrogens with zero attached hydrogens (tertiary/aromatic N) is 2. The van der Waals surface area contributed by atoms with Gasteiger partial charge in [0.15, 0.2) is 0 Å². The van der Waals surface area contributed by atoms with Gasteiger partial charge in [0.05, 0.1) is 18.6 Å². The van der Waals surface area contributed by atoms with Crippen molar-refractivity contribution in [1.29, 1.82) is 0 Å². The Kier molecular flexibility index (Phi) is 9.86. The molecule has 0 aliphatic carbocycles. The van der Waals surface area contributed by atoms with E-state index in [1.165, 1.54) is 29.2 Å². The van der Waals surface area contributed by atoms with E-state index in [2.05, 4.69) is 5.32 Å². The highest BCUT2D eigenvalue weighted by Crippen LogP contribution is 2.23. The van der Waals surface area contributed by atoms with E-state index in [0.29, 0.717) is 30.0 Å². The molecule has 0 unspecified atom stereocenters. The summed E-state index contributed by atoms with van der Waals surface area (Å²) in [5.74, 6) is -0.765. The van der Waals surface area contributed by atoms with Gasteiger partial charge in [-0.3, -0.25) is 13.9 Å². The Bertz CT molecular complexity index is 1130. The van der Waals surface area contributed by atoms with E-state index in [1.807, 2.05) is 27.7 Å². The summed E-state index contributed by atoms with van der Waals surface area (Å²) < 4.78 is 45.2. The summed E-state index contributed by atoms with van der Waals surface area (Å²) in [6, 6.07) is 11.1. The van der Waals surface area contributed by atoms with E-state index in [-0.39, 0.29) is 12.5 Å². The largest absolute Gasteiger partial charge is 0.494 e. The molecule has 2 aromatic rings. The van der Waals surface area contributed by atoms with Gasteiger partial charge in [-0.15, -0.1) is 0 Å². The van der Waals surface area contributed by atoms with Crippen molar-refractivity contribution in [2.24, 2.45) is 0 Å². The highest BCUT2D eigenvalue weighted by molar-refractivity contribution is 7.92. The van der Waals surface area contributed by atoms with Crippen LogP contribution in [0.1, 0.15) is 46.6 Å². The number of benzene rings is 2. The Morgan fingerprint density at radius 1 is 1.03 bits per heavy atom. The molecule has 0 heterocycles. The number of hydrogen-bond acceptors (Lipinski definition) is 5. The molecule has 10 heteroatoms. The van der Waals surface area contributed by atoms with Crippen LogP contribution in [0.3, 0.4) is 0 Å². The fourth-order valence-corrected chi connectivity index (χ4v) is 4.50. The van der Waals surface area contributed by atoms with E-state index < -0.39 is 39.9 Å². The molecule has 1 atom stereocenters. The number of hydrogen-bond donors (Lipinski definition) is 1. The zero-order valence-corrected chi connectivity index (χ0v) is 22.6. The maximum Gasteiger partial charge on any atom is 0.244 e. The van der Waals surface area contributed by atoms with Crippen molar-refractivity contribution in [2.45, 2.75) is 59.2 Å². The Labute approximate surface area is 213 Å². The average Bonchev–Trinajstić information content (AvgIpc) is 2.77. The molecule has 0 spiro atoms. The van der Waals surface area contributed by atoms with Crippen LogP contribution in [0, 0.1) is 5.82 Å². The topological polar surface area (TPSA) is 96.0 Å². The van der Waals surface area contributed by atoms with Crippen LogP contribution in [0.5, 0.6) is 5.75 Å². The van der Waals surface area contributed by atoms with Gasteiger partial charge in [-0.25, -0.2) is 12.8 Å². The molecule has 36 heavy (non-hydrogen) atoms. The van der Waals surface area contributed by atoms with Gasteiger partial charge in [-0.2, -0.15) is 0 Å². The minimum Gasteiger partial charge on any atom is -0.494 e. The van der Waals surface area contributed by atoms with Crippen LogP contribution < -0.4 is 14.4 Å². The summed E-state index contributed by atoms with van der Waals surface area (Å²) >= 11 is 0. The standard InChI is InChI=1S/C26H36FN3O5S/c1-7-23(25(32)28-26(3,4)5)29(17-19-9-11-20(27)12-10-19)24(31)18-30(36(6,33)34)21-13-15-22(16-14-21)35-8-2/h9-16,23H,7-8,17-18H2,1-6H3,(H,28,32)/t23-/m0/s1. The molecule has 0 aliphatic rings. The Hall–Kier alpha value is -3.14. The molecule has 0 aromatic heterocycles. The number of carbonyl (C=O) groups is 2. The molecule has 0 saturated carbocycles. The first-order valence-corrected chi connectivity index (χ1v) is 13.7. The molecule has 2 aromatic carbocycles. The molecule has 0 aliphatic heterocycles. The van der Waals surface area contributed by atoms with Gasteiger partial charge >= 0.3 is 0 Å². The lowest BCUT2D eigenvalue weighted by Crippen LogP contribution is -2.55. The van der Waals surface area contributed by atoms with Crippen molar-refractivity contribution in [3.8, 4) is 5.75 Å². The van der Waals surface area contributed by atoms with Gasteiger partial charge in [0.1, 0.15) is 24.2 Å². The Morgan fingerprint density at radius 2 is 1.61 bits per heavy atom. The van der Waals surface area contributed by atoms with Crippen molar-refractivity contribution in [1.82, 2.24) is 10.2 Å². The predicted octanol–water partition coefficient (Wildman–Crippen LogP) is 3.71. The highest BCUT2D eigenvalue weighted by atomic mass is 32.2. The zero-order chi connectivity index (χ0) is 27.1. The SMILES string of the molecule is CCOc1ccc(N(CC(=O)N(Cc2ccc(F)cc2)[C@@H](CC)C(=O)NC(C)(C)C)S(C)(=O)=O)cc1. The van der Waals surface area contributed by atoms with Crippen molar-refractivity contribution in [2.75, 3.05) is 23.7 Å². The third-order valence-electron chi connectivity index (χ3n) is 5.27. The molecule has 2 rings (SSSR count). The first-order chi connectivity index (χ1) is 16.7. The summed E-state index contributed by atoms with van der Waals surface area (Å²) in [6.45, 7) is 9.08. The Morgan fingerprint density at radius 3 is 2.08 bits per heavy atom. The lowest BCUT2D eigenvalue weighted by molar-refractivity contribution is -0.141. The number of sulfonamides is 1. The number of halogens is 1.